The van der Waals surface area contributed by atoms with Crippen LogP contribution in [0.2, 0.25) is 0 Å². The van der Waals surface area contributed by atoms with Crippen LogP contribution in [0, 0.1) is 11.8 Å². The van der Waals surface area contributed by atoms with Crippen LogP contribution in [-0.4, -0.2) is 112 Å². The molecule has 3 aliphatic rings. The van der Waals surface area contributed by atoms with E-state index in [2.05, 4.69) is 5.32 Å². The molecule has 2 saturated heterocycles. The standard InChI is InChI=1S/C35H56N2O10/c1-8-27(40)24(4)32-28(45-32)21-34(6,43)14-9-10-22(2)31-23(3)11-12-29(44-25(5)38)35(7,15-13-26(39)20-30(41)46-31)47-33(42)37-18-16-36-17-19-37/h9-12,14,23-24,26-29,31-32,36,39-40,43H,8,13,15-21H2,1-7H3/b12-11+,14-9+,22-10+/t23-,24+,26-,27+,28+,29-,31+,32+,34?,35-/m0/s1. The van der Waals surface area contributed by atoms with Crippen molar-refractivity contribution in [3.05, 3.63) is 36.0 Å². The zero-order chi connectivity index (χ0) is 34.9. The van der Waals surface area contributed by atoms with Gasteiger partial charge in [-0.25, -0.2) is 4.79 Å². The van der Waals surface area contributed by atoms with Crippen molar-refractivity contribution < 1.29 is 48.7 Å². The van der Waals surface area contributed by atoms with Crippen molar-refractivity contribution >= 4 is 18.0 Å². The Kier molecular flexibility index (Phi) is 14.0. The molecule has 47 heavy (non-hydrogen) atoms. The molecule has 266 valence electrons. The van der Waals surface area contributed by atoms with Crippen LogP contribution < -0.4 is 5.32 Å². The minimum absolute atomic E-state index is 0.0201. The largest absolute Gasteiger partial charge is 0.457 e. The van der Waals surface area contributed by atoms with E-state index < -0.39 is 59.6 Å². The van der Waals surface area contributed by atoms with E-state index in [4.69, 9.17) is 18.9 Å². The lowest BCUT2D eigenvalue weighted by Crippen LogP contribution is -2.52. The molecule has 3 aliphatic heterocycles. The molecule has 12 heteroatoms. The number of rotatable bonds is 10. The molecule has 1 unspecified atom stereocenters. The maximum atomic E-state index is 13.2. The molecule has 2 fully saturated rings. The Balaban J connectivity index is 1.80. The van der Waals surface area contributed by atoms with Crippen molar-refractivity contribution in [1.82, 2.24) is 10.2 Å². The van der Waals surface area contributed by atoms with Crippen molar-refractivity contribution in [3.8, 4) is 0 Å². The van der Waals surface area contributed by atoms with Gasteiger partial charge in [-0.3, -0.25) is 9.59 Å². The van der Waals surface area contributed by atoms with Gasteiger partial charge in [-0.15, -0.1) is 0 Å². The summed E-state index contributed by atoms with van der Waals surface area (Å²) in [6, 6.07) is 0. The van der Waals surface area contributed by atoms with Crippen LogP contribution in [0.4, 0.5) is 4.79 Å². The number of allylic oxidation sites excluding steroid dienone is 2. The lowest BCUT2D eigenvalue weighted by Gasteiger charge is -2.38. The topological polar surface area (TPSA) is 167 Å². The summed E-state index contributed by atoms with van der Waals surface area (Å²) in [5.41, 5.74) is -1.80. The predicted octanol–water partition coefficient (Wildman–Crippen LogP) is 3.19. The highest BCUT2D eigenvalue weighted by Crippen LogP contribution is 2.37. The quantitative estimate of drug-likeness (QED) is 0.0891. The molecule has 0 aromatic carbocycles. The number of aliphatic hydroxyl groups is 3. The summed E-state index contributed by atoms with van der Waals surface area (Å²) in [6.07, 6.45) is 5.52. The van der Waals surface area contributed by atoms with Gasteiger partial charge in [0.05, 0.1) is 36.4 Å². The molecular formula is C35H56N2O10. The highest BCUT2D eigenvalue weighted by molar-refractivity contribution is 5.71. The fraction of sp³-hybridized carbons (Fsp3) is 0.743. The minimum Gasteiger partial charge on any atom is -0.457 e. The first kappa shape index (κ1) is 38.7. The molecule has 0 aromatic rings. The zero-order valence-electron chi connectivity index (χ0n) is 29.0. The maximum Gasteiger partial charge on any atom is 0.410 e. The first-order valence-corrected chi connectivity index (χ1v) is 16.9. The lowest BCUT2D eigenvalue weighted by molar-refractivity contribution is -0.158. The van der Waals surface area contributed by atoms with Crippen LogP contribution in [-0.2, 0) is 28.5 Å². The fourth-order valence-corrected chi connectivity index (χ4v) is 6.19. The van der Waals surface area contributed by atoms with Crippen molar-refractivity contribution in [2.75, 3.05) is 26.2 Å². The smallest absolute Gasteiger partial charge is 0.410 e. The molecule has 0 spiro atoms. The van der Waals surface area contributed by atoms with E-state index in [9.17, 15) is 29.7 Å². The van der Waals surface area contributed by atoms with Gasteiger partial charge in [-0.05, 0) is 51.7 Å². The zero-order valence-corrected chi connectivity index (χ0v) is 29.0. The lowest BCUT2D eigenvalue weighted by atomic mass is 9.88. The van der Waals surface area contributed by atoms with Gasteiger partial charge in [-0.1, -0.05) is 45.1 Å². The Hall–Kier alpha value is -2.77. The summed E-state index contributed by atoms with van der Waals surface area (Å²) >= 11 is 0. The van der Waals surface area contributed by atoms with Crippen molar-refractivity contribution in [2.24, 2.45) is 11.8 Å². The van der Waals surface area contributed by atoms with Crippen LogP contribution >= 0.6 is 0 Å². The Morgan fingerprint density at radius 1 is 1.26 bits per heavy atom. The number of cyclic esters (lactones) is 1. The normalized spacial score (nSPS) is 34.2. The van der Waals surface area contributed by atoms with E-state index in [1.54, 1.807) is 56.1 Å². The maximum absolute atomic E-state index is 13.2. The third-order valence-corrected chi connectivity index (χ3v) is 9.33. The Morgan fingerprint density at radius 2 is 1.94 bits per heavy atom. The molecule has 12 nitrogen and oxygen atoms in total. The second-order valence-electron chi connectivity index (χ2n) is 13.8. The van der Waals surface area contributed by atoms with Crippen molar-refractivity contribution in [1.29, 1.82) is 0 Å². The molecule has 1 amide bonds. The summed E-state index contributed by atoms with van der Waals surface area (Å²) in [7, 11) is 0. The fourth-order valence-electron chi connectivity index (χ4n) is 6.19. The van der Waals surface area contributed by atoms with Gasteiger partial charge in [0.25, 0.3) is 0 Å². The van der Waals surface area contributed by atoms with Crippen molar-refractivity contribution in [2.45, 2.75) is 128 Å². The summed E-state index contributed by atoms with van der Waals surface area (Å²) in [5, 5.41) is 35.1. The molecule has 3 rings (SSSR count). The molecular weight excluding hydrogens is 608 g/mol. The average molecular weight is 665 g/mol. The molecule has 0 aliphatic carbocycles. The van der Waals surface area contributed by atoms with Crippen LogP contribution in [0.15, 0.2) is 36.0 Å². The van der Waals surface area contributed by atoms with Crippen LogP contribution in [0.5, 0.6) is 0 Å². The van der Waals surface area contributed by atoms with E-state index in [1.807, 2.05) is 20.8 Å². The summed E-state index contributed by atoms with van der Waals surface area (Å²) in [4.78, 5) is 39.9. The molecule has 0 radical (unpaired) electrons. The van der Waals surface area contributed by atoms with E-state index in [0.717, 1.165) is 0 Å². The summed E-state index contributed by atoms with van der Waals surface area (Å²) in [6.45, 7) is 14.4. The number of carbonyl (C=O) groups is 3. The first-order chi connectivity index (χ1) is 22.0. The number of hydrogen-bond acceptors (Lipinski definition) is 11. The number of carbonyl (C=O) groups excluding carboxylic acids is 3. The highest BCUT2D eigenvalue weighted by atomic mass is 16.6. The first-order valence-electron chi connectivity index (χ1n) is 16.9. The number of epoxide rings is 1. The third kappa shape index (κ3) is 11.7. The van der Waals surface area contributed by atoms with Crippen molar-refractivity contribution in [3.63, 3.8) is 0 Å². The van der Waals surface area contributed by atoms with Crippen LogP contribution in [0.1, 0.15) is 80.6 Å². The average Bonchev–Trinajstić information content (AvgIpc) is 3.77. The number of aliphatic hydroxyl groups excluding tert-OH is 2. The van der Waals surface area contributed by atoms with Gasteiger partial charge in [0.2, 0.25) is 0 Å². The number of amides is 1. The Labute approximate surface area is 279 Å². The highest BCUT2D eigenvalue weighted by Gasteiger charge is 2.47. The van der Waals surface area contributed by atoms with Gasteiger partial charge in [0.1, 0.15) is 6.10 Å². The second kappa shape index (κ2) is 17.1. The number of nitrogens with one attached hydrogen (secondary N) is 1. The van der Waals surface area contributed by atoms with E-state index >= 15 is 0 Å². The third-order valence-electron chi connectivity index (χ3n) is 9.33. The van der Waals surface area contributed by atoms with E-state index in [-0.39, 0.29) is 37.4 Å². The SMILES string of the molecule is CC[C@@H](O)[C@@H](C)[C@H]1O[C@@H]1CC(C)(O)/C=C/C=C(\C)[C@H]1OC(=O)C[C@@H](O)CC[C@](C)(OC(=O)N2CCNCC2)[C@@H](OC(C)=O)/C=C/[C@@H]1C. The molecule has 0 saturated carbocycles. The molecule has 4 N–H and O–H groups in total. The number of ether oxygens (including phenoxy) is 4. The number of hydrogen-bond donors (Lipinski definition) is 4. The molecule has 10 atom stereocenters. The number of piperazine rings is 1. The second-order valence-corrected chi connectivity index (χ2v) is 13.8. The number of nitrogens with zero attached hydrogens (tertiary/aromatic N) is 1. The number of esters is 2. The van der Waals surface area contributed by atoms with Crippen LogP contribution in [0.3, 0.4) is 0 Å². The minimum atomic E-state index is -1.32. The van der Waals surface area contributed by atoms with Gasteiger partial charge in [0, 0.05) is 51.4 Å². The monoisotopic (exact) mass is 664 g/mol. The van der Waals surface area contributed by atoms with Gasteiger partial charge < -0.3 is 44.5 Å². The molecule has 3 heterocycles. The predicted molar refractivity (Wildman–Crippen MR) is 175 cm³/mol. The summed E-state index contributed by atoms with van der Waals surface area (Å²) in [5.74, 6) is -1.56. The van der Waals surface area contributed by atoms with Gasteiger partial charge >= 0.3 is 18.0 Å². The molecule has 0 aromatic heterocycles. The Morgan fingerprint density at radius 3 is 2.57 bits per heavy atom. The Bertz CT molecular complexity index is 1160. The molecule has 0 bridgehead atoms. The summed E-state index contributed by atoms with van der Waals surface area (Å²) < 4.78 is 23.3. The van der Waals surface area contributed by atoms with E-state index in [0.29, 0.717) is 44.6 Å². The van der Waals surface area contributed by atoms with Gasteiger partial charge in [-0.2, -0.15) is 0 Å². The van der Waals surface area contributed by atoms with Gasteiger partial charge in [0.15, 0.2) is 11.7 Å². The van der Waals surface area contributed by atoms with E-state index in [1.165, 1.54) is 6.92 Å². The van der Waals surface area contributed by atoms with Crippen LogP contribution in [0.25, 0.3) is 0 Å².